The van der Waals surface area contributed by atoms with Gasteiger partial charge in [-0.2, -0.15) is 0 Å². The highest BCUT2D eigenvalue weighted by Gasteiger charge is 2.22. The molecule has 1 aromatic carbocycles. The summed E-state index contributed by atoms with van der Waals surface area (Å²) in [6.07, 6.45) is 0. The maximum Gasteiger partial charge on any atom is 0.321 e. The van der Waals surface area contributed by atoms with Gasteiger partial charge in [0.25, 0.3) is 5.69 Å². The Hall–Kier alpha value is -3.51. The van der Waals surface area contributed by atoms with Crippen LogP contribution in [-0.2, 0) is 9.53 Å². The number of benzene rings is 1. The number of rotatable bonds is 8. The zero-order valence-electron chi connectivity index (χ0n) is 12.6. The van der Waals surface area contributed by atoms with E-state index in [1.165, 1.54) is 14.0 Å². The molecule has 1 rings (SSSR count). The number of nitrogens with zero attached hydrogens (tertiary/aromatic N) is 5. The Morgan fingerprint density at radius 2 is 1.92 bits per heavy atom. The fraction of sp³-hybridized carbons (Fsp3) is 0.364. The van der Waals surface area contributed by atoms with Crippen molar-refractivity contribution in [2.24, 2.45) is 5.28 Å². The molecule has 0 N–H and O–H groups in total. The lowest BCUT2D eigenvalue weighted by Gasteiger charge is -2.12. The third-order valence-corrected chi connectivity index (χ3v) is 2.57. The van der Waals surface area contributed by atoms with Crippen LogP contribution < -0.4 is 4.84 Å². The largest absolute Gasteiger partial charge is 0.569 e. The van der Waals surface area contributed by atoms with Crippen molar-refractivity contribution in [3.63, 3.8) is 0 Å². The highest BCUT2D eigenvalue weighted by atomic mass is 16.7. The molecule has 0 aliphatic heterocycles. The fourth-order valence-electron chi connectivity index (χ4n) is 1.39. The van der Waals surface area contributed by atoms with E-state index in [9.17, 15) is 30.2 Å². The van der Waals surface area contributed by atoms with Crippen LogP contribution in [0, 0.1) is 25.4 Å². The van der Waals surface area contributed by atoms with Crippen molar-refractivity contribution in [2.75, 3.05) is 20.2 Å². The monoisotopic (exact) mass is 343 g/mol. The predicted molar refractivity (Wildman–Crippen MR) is 75.7 cm³/mol. The van der Waals surface area contributed by atoms with Gasteiger partial charge in [-0.1, -0.05) is 0 Å². The molecule has 13 heteroatoms. The summed E-state index contributed by atoms with van der Waals surface area (Å²) in [6, 6.07) is 2.61. The van der Waals surface area contributed by atoms with E-state index >= 15 is 0 Å². The second kappa shape index (κ2) is 8.21. The van der Waals surface area contributed by atoms with Crippen molar-refractivity contribution in [1.29, 1.82) is 0 Å². The van der Waals surface area contributed by atoms with Gasteiger partial charge in [0.15, 0.2) is 0 Å². The molecule has 0 fully saturated rings. The Balaban J connectivity index is 2.82. The lowest BCUT2D eigenvalue weighted by Crippen LogP contribution is -2.30. The fourth-order valence-corrected chi connectivity index (χ4v) is 1.39. The van der Waals surface area contributed by atoms with Crippen LogP contribution in [0.15, 0.2) is 23.5 Å². The normalized spacial score (nSPS) is 10.8. The number of non-ortho nitro benzene ring substituents is 1. The molecule has 0 bridgehead atoms. The third kappa shape index (κ3) is 5.36. The highest BCUT2D eigenvalue weighted by Crippen LogP contribution is 2.31. The maximum atomic E-state index is 11.6. The lowest BCUT2D eigenvalue weighted by molar-refractivity contribution is -0.701. The SMILES string of the molecule is CC(=O)OCCN(C)/[N+]([O-])=N/Oc1ccc([N+](=O)[O-])cc1[N+](=O)[O-]. The molecular formula is C11H13N5O8. The quantitative estimate of drug-likeness (QED) is 0.221. The topological polar surface area (TPSA) is 163 Å². The zero-order chi connectivity index (χ0) is 18.3. The lowest BCUT2D eigenvalue weighted by atomic mass is 10.2. The van der Waals surface area contributed by atoms with Crippen molar-refractivity contribution in [2.45, 2.75) is 6.92 Å². The minimum absolute atomic E-state index is 0.00169. The van der Waals surface area contributed by atoms with Crippen molar-refractivity contribution in [3.8, 4) is 5.75 Å². The Morgan fingerprint density at radius 3 is 2.46 bits per heavy atom. The van der Waals surface area contributed by atoms with Gasteiger partial charge in [0.05, 0.1) is 27.9 Å². The van der Waals surface area contributed by atoms with Gasteiger partial charge < -0.3 is 9.94 Å². The summed E-state index contributed by atoms with van der Waals surface area (Å²) >= 11 is 0. The Morgan fingerprint density at radius 1 is 1.25 bits per heavy atom. The minimum Gasteiger partial charge on any atom is -0.569 e. The average Bonchev–Trinajstić information content (AvgIpc) is 2.51. The van der Waals surface area contributed by atoms with Crippen LogP contribution in [0.5, 0.6) is 5.75 Å². The van der Waals surface area contributed by atoms with E-state index in [1.807, 2.05) is 0 Å². The molecule has 0 aliphatic carbocycles. The van der Waals surface area contributed by atoms with E-state index in [0.717, 1.165) is 17.1 Å². The van der Waals surface area contributed by atoms with E-state index < -0.39 is 32.9 Å². The number of ether oxygens (including phenoxy) is 1. The molecule has 0 radical (unpaired) electrons. The summed E-state index contributed by atoms with van der Waals surface area (Å²) in [4.78, 5) is 35.0. The van der Waals surface area contributed by atoms with E-state index in [0.29, 0.717) is 6.07 Å². The second-order valence-corrected chi connectivity index (χ2v) is 4.31. The first kappa shape index (κ1) is 18.5. The molecule has 0 unspecified atom stereocenters. The summed E-state index contributed by atoms with van der Waals surface area (Å²) in [5.41, 5.74) is -1.23. The molecule has 0 saturated carbocycles. The number of carbonyl (C=O) groups is 1. The molecule has 0 spiro atoms. The number of hydrogen-bond acceptors (Lipinski definition) is 9. The van der Waals surface area contributed by atoms with E-state index in [4.69, 9.17) is 0 Å². The van der Waals surface area contributed by atoms with Gasteiger partial charge in [0.1, 0.15) is 13.2 Å². The molecule has 1 aromatic rings. The summed E-state index contributed by atoms with van der Waals surface area (Å²) in [5, 5.41) is 37.2. The number of carbonyl (C=O) groups excluding carboxylic acids is 1. The third-order valence-electron chi connectivity index (χ3n) is 2.57. The molecule has 13 nitrogen and oxygen atoms in total. The van der Waals surface area contributed by atoms with Gasteiger partial charge >= 0.3 is 11.7 Å². The Labute approximate surface area is 134 Å². The van der Waals surface area contributed by atoms with Crippen LogP contribution in [-0.4, -0.2) is 46.0 Å². The van der Waals surface area contributed by atoms with Crippen LogP contribution in [0.25, 0.3) is 0 Å². The van der Waals surface area contributed by atoms with Crippen LogP contribution in [0.1, 0.15) is 6.92 Å². The number of hydrazine groups is 1. The maximum absolute atomic E-state index is 11.6. The van der Waals surface area contributed by atoms with Crippen LogP contribution in [0.3, 0.4) is 0 Å². The van der Waals surface area contributed by atoms with Crippen molar-refractivity contribution < 1.29 is 29.2 Å². The molecule has 0 aromatic heterocycles. The number of esters is 1. The molecule has 0 amide bonds. The first-order valence-electron chi connectivity index (χ1n) is 6.35. The molecule has 24 heavy (non-hydrogen) atoms. The molecule has 0 aliphatic rings. The van der Waals surface area contributed by atoms with Crippen LogP contribution in [0.4, 0.5) is 11.4 Å². The predicted octanol–water partition coefficient (Wildman–Crippen LogP) is 1.17. The number of hydrogen-bond donors (Lipinski definition) is 0. The standard InChI is InChI=1S/C11H13N5O8/c1-8(17)23-6-5-13(2)16(22)12-24-11-4-3-9(14(18)19)7-10(11)15(20)21/h3-4,7H,5-6H2,1-2H3/b16-12-. The van der Waals surface area contributed by atoms with Gasteiger partial charge in [-0.05, 0) is 6.07 Å². The minimum atomic E-state index is -0.905. The van der Waals surface area contributed by atoms with Gasteiger partial charge in [0.2, 0.25) is 11.0 Å². The van der Waals surface area contributed by atoms with Crippen molar-refractivity contribution >= 4 is 17.3 Å². The molecule has 0 heterocycles. The Bertz CT molecular complexity index is 676. The molecule has 0 atom stereocenters. The van der Waals surface area contributed by atoms with E-state index in [-0.39, 0.29) is 18.1 Å². The van der Waals surface area contributed by atoms with Crippen LogP contribution >= 0.6 is 0 Å². The number of nitro groups is 2. The van der Waals surface area contributed by atoms with Crippen molar-refractivity contribution in [1.82, 2.24) is 5.01 Å². The zero-order valence-corrected chi connectivity index (χ0v) is 12.6. The molecule has 130 valence electrons. The van der Waals surface area contributed by atoms with Crippen LogP contribution in [0.2, 0.25) is 0 Å². The number of nitro benzene ring substituents is 2. The van der Waals surface area contributed by atoms with Gasteiger partial charge in [0, 0.05) is 13.0 Å². The van der Waals surface area contributed by atoms with Gasteiger partial charge in [-0.3, -0.25) is 29.9 Å². The van der Waals surface area contributed by atoms with E-state index in [1.54, 1.807) is 0 Å². The van der Waals surface area contributed by atoms with Crippen molar-refractivity contribution in [3.05, 3.63) is 43.6 Å². The highest BCUT2D eigenvalue weighted by molar-refractivity contribution is 5.65. The summed E-state index contributed by atoms with van der Waals surface area (Å²) in [7, 11) is 1.31. The smallest absolute Gasteiger partial charge is 0.321 e. The van der Waals surface area contributed by atoms with E-state index in [2.05, 4.69) is 14.9 Å². The Kier molecular flexibility index (Phi) is 6.34. The first-order valence-corrected chi connectivity index (χ1v) is 6.35. The second-order valence-electron chi connectivity index (χ2n) is 4.31. The van der Waals surface area contributed by atoms with Gasteiger partial charge in [-0.25, -0.2) is 0 Å². The van der Waals surface area contributed by atoms with Gasteiger partial charge in [-0.15, -0.1) is 5.01 Å². The summed E-state index contributed by atoms with van der Waals surface area (Å²) in [5.74, 6) is -0.963. The average molecular weight is 343 g/mol. The summed E-state index contributed by atoms with van der Waals surface area (Å²) < 4.78 is 4.63. The number of likely N-dealkylation sites (N-methyl/N-ethyl adjacent to an activating group) is 1. The molecular weight excluding hydrogens is 330 g/mol. The summed E-state index contributed by atoms with van der Waals surface area (Å²) in [6.45, 7) is 1.13. The molecule has 0 saturated heterocycles. The first-order chi connectivity index (χ1) is 11.2.